The van der Waals surface area contributed by atoms with Crippen molar-refractivity contribution in [2.24, 2.45) is 0 Å². The first-order chi connectivity index (χ1) is 4.68. The monoisotopic (exact) mass is 140 g/mol. The highest BCUT2D eigenvalue weighted by molar-refractivity contribution is 5.72. The van der Waals surface area contributed by atoms with E-state index < -0.39 is 0 Å². The fraction of sp³-hybridized carbons (Fsp3) is 0.714. The van der Waals surface area contributed by atoms with Crippen molar-refractivity contribution in [1.82, 2.24) is 4.90 Å². The minimum absolute atomic E-state index is 0.0602. The van der Waals surface area contributed by atoms with Crippen LogP contribution in [0.15, 0.2) is 0 Å². The minimum atomic E-state index is 0.0602. The zero-order chi connectivity index (χ0) is 7.98. The highest BCUT2D eigenvalue weighted by Gasteiger charge is 2.00. The van der Waals surface area contributed by atoms with Crippen LogP contribution in [-0.2, 0) is 4.79 Å². The first-order valence-electron chi connectivity index (χ1n) is 3.23. The van der Waals surface area contributed by atoms with Crippen LogP contribution in [-0.4, -0.2) is 30.9 Å². The molecule has 3 heteroatoms. The molecule has 56 valence electrons. The molecule has 1 amide bonds. The number of carbonyl (C=O) groups excluding carboxylic acids is 1. The first kappa shape index (κ1) is 8.96. The minimum Gasteiger partial charge on any atom is -0.346 e. The molecule has 0 aliphatic rings. The second-order valence-corrected chi connectivity index (χ2v) is 2.18. The molecular weight excluding hydrogens is 128 g/mol. The molecule has 0 aliphatic carbocycles. The molecule has 0 aliphatic heterocycles. The van der Waals surface area contributed by atoms with Crippen molar-refractivity contribution < 1.29 is 4.79 Å². The maximum Gasteiger partial charge on any atom is 0.219 e. The van der Waals surface area contributed by atoms with Crippen LogP contribution in [0.4, 0.5) is 0 Å². The molecular formula is C7H12N2O. The van der Waals surface area contributed by atoms with E-state index in [4.69, 9.17) is 6.57 Å². The molecule has 0 aromatic carbocycles. The summed E-state index contributed by atoms with van der Waals surface area (Å²) >= 11 is 0. The summed E-state index contributed by atoms with van der Waals surface area (Å²) in [5, 5.41) is 0. The molecule has 0 N–H and O–H groups in total. The van der Waals surface area contributed by atoms with Crippen molar-refractivity contribution in [3.05, 3.63) is 11.4 Å². The second kappa shape index (κ2) is 4.80. The molecule has 0 aromatic rings. The number of nitrogens with zero attached hydrogens (tertiary/aromatic N) is 2. The summed E-state index contributed by atoms with van der Waals surface area (Å²) < 4.78 is 0. The fourth-order valence-electron chi connectivity index (χ4n) is 0.544. The van der Waals surface area contributed by atoms with Crippen LogP contribution in [0.25, 0.3) is 4.85 Å². The van der Waals surface area contributed by atoms with Gasteiger partial charge in [0.25, 0.3) is 0 Å². The lowest BCUT2D eigenvalue weighted by molar-refractivity contribution is -0.127. The summed E-state index contributed by atoms with van der Waals surface area (Å²) in [7, 11) is 1.74. The zero-order valence-corrected chi connectivity index (χ0v) is 6.42. The van der Waals surface area contributed by atoms with Crippen LogP contribution in [0.2, 0.25) is 0 Å². The zero-order valence-electron chi connectivity index (χ0n) is 6.42. The van der Waals surface area contributed by atoms with E-state index in [1.54, 1.807) is 11.9 Å². The van der Waals surface area contributed by atoms with E-state index in [9.17, 15) is 4.79 Å². The molecule has 0 fully saturated rings. The van der Waals surface area contributed by atoms with Crippen molar-refractivity contribution in [2.45, 2.75) is 13.3 Å². The Balaban J connectivity index is 3.32. The van der Waals surface area contributed by atoms with Gasteiger partial charge in [-0.05, 0) is 0 Å². The molecule has 0 saturated heterocycles. The molecule has 0 radical (unpaired) electrons. The normalized spacial score (nSPS) is 8.50. The van der Waals surface area contributed by atoms with Gasteiger partial charge in [0.1, 0.15) is 0 Å². The van der Waals surface area contributed by atoms with Gasteiger partial charge in [-0.25, -0.2) is 6.57 Å². The van der Waals surface area contributed by atoms with Crippen molar-refractivity contribution in [3.8, 4) is 0 Å². The highest BCUT2D eigenvalue weighted by atomic mass is 16.2. The number of hydrogen-bond acceptors (Lipinski definition) is 1. The van der Waals surface area contributed by atoms with E-state index in [0.29, 0.717) is 13.1 Å². The van der Waals surface area contributed by atoms with E-state index >= 15 is 0 Å². The van der Waals surface area contributed by atoms with Gasteiger partial charge in [0.15, 0.2) is 0 Å². The van der Waals surface area contributed by atoms with Crippen LogP contribution in [0.3, 0.4) is 0 Å². The Bertz CT molecular complexity index is 148. The molecule has 10 heavy (non-hydrogen) atoms. The third-order valence-corrected chi connectivity index (χ3v) is 1.30. The fourth-order valence-corrected chi connectivity index (χ4v) is 0.544. The maximum atomic E-state index is 10.6. The van der Waals surface area contributed by atoms with E-state index in [-0.39, 0.29) is 5.91 Å². The summed E-state index contributed by atoms with van der Waals surface area (Å²) in [5.41, 5.74) is 0. The Morgan fingerprint density at radius 2 is 2.30 bits per heavy atom. The topological polar surface area (TPSA) is 24.7 Å². The van der Waals surface area contributed by atoms with Gasteiger partial charge in [-0.3, -0.25) is 4.79 Å². The average Bonchev–Trinajstić information content (AvgIpc) is 1.88. The lowest BCUT2D eigenvalue weighted by atomic mass is 10.4. The van der Waals surface area contributed by atoms with Gasteiger partial charge < -0.3 is 9.74 Å². The summed E-state index contributed by atoms with van der Waals surface area (Å²) in [6, 6.07) is 0. The maximum absolute atomic E-state index is 10.6. The largest absolute Gasteiger partial charge is 0.346 e. The van der Waals surface area contributed by atoms with Gasteiger partial charge in [-0.1, -0.05) is 0 Å². The summed E-state index contributed by atoms with van der Waals surface area (Å²) in [6.45, 7) is 9.21. The Morgan fingerprint density at radius 1 is 1.70 bits per heavy atom. The van der Waals surface area contributed by atoms with Crippen molar-refractivity contribution in [3.63, 3.8) is 0 Å². The van der Waals surface area contributed by atoms with Gasteiger partial charge >= 0.3 is 0 Å². The van der Waals surface area contributed by atoms with Crippen LogP contribution in [0.5, 0.6) is 0 Å². The molecule has 0 unspecified atom stereocenters. The third-order valence-electron chi connectivity index (χ3n) is 1.30. The molecule has 3 nitrogen and oxygen atoms in total. The molecule has 0 rings (SSSR count). The van der Waals surface area contributed by atoms with E-state index in [0.717, 1.165) is 6.42 Å². The first-order valence-corrected chi connectivity index (χ1v) is 3.23. The Morgan fingerprint density at radius 3 is 2.70 bits per heavy atom. The smallest absolute Gasteiger partial charge is 0.219 e. The van der Waals surface area contributed by atoms with Gasteiger partial charge in [0, 0.05) is 26.9 Å². The Labute approximate surface area is 61.5 Å². The van der Waals surface area contributed by atoms with Crippen LogP contribution < -0.4 is 0 Å². The predicted molar refractivity (Wildman–Crippen MR) is 39.4 cm³/mol. The number of hydrogen-bond donors (Lipinski definition) is 0. The highest BCUT2D eigenvalue weighted by Crippen LogP contribution is 1.87. The van der Waals surface area contributed by atoms with Crippen LogP contribution in [0, 0.1) is 6.57 Å². The lowest BCUT2D eigenvalue weighted by Gasteiger charge is -2.11. The summed E-state index contributed by atoms with van der Waals surface area (Å²) in [4.78, 5) is 15.4. The molecule has 0 saturated carbocycles. The molecule has 0 atom stereocenters. The van der Waals surface area contributed by atoms with Gasteiger partial charge in [-0.2, -0.15) is 0 Å². The van der Waals surface area contributed by atoms with Gasteiger partial charge in [0.2, 0.25) is 12.5 Å². The van der Waals surface area contributed by atoms with Crippen LogP contribution >= 0.6 is 0 Å². The Hall–Kier alpha value is -1.04. The lowest BCUT2D eigenvalue weighted by Crippen LogP contribution is -2.25. The second-order valence-electron chi connectivity index (χ2n) is 2.18. The molecule has 0 bridgehead atoms. The molecule has 0 aromatic heterocycles. The summed E-state index contributed by atoms with van der Waals surface area (Å²) in [6.07, 6.45) is 0.777. The SMILES string of the molecule is [C-]#[N+]CCCN(C)C(C)=O. The number of rotatable bonds is 3. The average molecular weight is 140 g/mol. The van der Waals surface area contributed by atoms with E-state index in [1.165, 1.54) is 6.92 Å². The number of amides is 1. The standard InChI is InChI=1S/C7H12N2O/c1-7(10)9(3)6-4-5-8-2/h4-6H2,1,3H3. The van der Waals surface area contributed by atoms with E-state index in [1.807, 2.05) is 0 Å². The van der Waals surface area contributed by atoms with Gasteiger partial charge in [0.05, 0.1) is 0 Å². The number of carbonyl (C=O) groups is 1. The summed E-state index contributed by atoms with van der Waals surface area (Å²) in [5.74, 6) is 0.0602. The van der Waals surface area contributed by atoms with Crippen molar-refractivity contribution in [2.75, 3.05) is 20.1 Å². The molecule has 0 spiro atoms. The predicted octanol–water partition coefficient (Wildman–Crippen LogP) is 0.774. The van der Waals surface area contributed by atoms with E-state index in [2.05, 4.69) is 4.85 Å². The van der Waals surface area contributed by atoms with Gasteiger partial charge in [-0.15, -0.1) is 0 Å². The third kappa shape index (κ3) is 3.90. The Kier molecular flexibility index (Phi) is 4.30. The van der Waals surface area contributed by atoms with Crippen molar-refractivity contribution in [1.29, 1.82) is 0 Å². The molecule has 0 heterocycles. The quantitative estimate of drug-likeness (QED) is 0.420. The van der Waals surface area contributed by atoms with Crippen molar-refractivity contribution >= 4 is 5.91 Å². The van der Waals surface area contributed by atoms with Crippen LogP contribution in [0.1, 0.15) is 13.3 Å².